The van der Waals surface area contributed by atoms with E-state index in [0.717, 1.165) is 25.5 Å². The summed E-state index contributed by atoms with van der Waals surface area (Å²) < 4.78 is 4.44. The highest BCUT2D eigenvalue weighted by Crippen LogP contribution is 2.14. The molecule has 0 fully saturated rings. The minimum atomic E-state index is 0.878. The normalized spacial score (nSPS) is 14.1. The minimum absolute atomic E-state index is 0.878. The van der Waals surface area contributed by atoms with Crippen LogP contribution in [0.3, 0.4) is 0 Å². The summed E-state index contributed by atoms with van der Waals surface area (Å²) in [6.45, 7) is 2.71. The lowest BCUT2D eigenvalue weighted by atomic mass is 10.1. The van der Waals surface area contributed by atoms with Crippen LogP contribution in [0.15, 0.2) is 59.9 Å². The van der Waals surface area contributed by atoms with Crippen LogP contribution in [0.25, 0.3) is 11.0 Å². The summed E-state index contributed by atoms with van der Waals surface area (Å²) in [5.74, 6) is 1.02. The topological polar surface area (TPSA) is 33.2 Å². The van der Waals surface area contributed by atoms with Crippen LogP contribution in [0.4, 0.5) is 0 Å². The maximum Gasteiger partial charge on any atom is 0.230 e. The zero-order valence-corrected chi connectivity index (χ0v) is 12.7. The van der Waals surface area contributed by atoms with Crippen LogP contribution >= 0.6 is 0 Å². The molecule has 0 saturated heterocycles. The largest absolute Gasteiger partial charge is 0.368 e. The number of hydrogen-bond acceptors (Lipinski definition) is 2. The molecule has 110 valence electrons. The van der Waals surface area contributed by atoms with Gasteiger partial charge in [-0.05, 0) is 11.6 Å². The molecular weight excluding hydrogens is 272 g/mol. The Balaban J connectivity index is 1.61. The van der Waals surface area contributed by atoms with E-state index in [9.17, 15) is 0 Å². The Morgan fingerprint density at radius 2 is 2.05 bits per heavy atom. The van der Waals surface area contributed by atoms with Crippen LogP contribution in [-0.2, 0) is 13.6 Å². The van der Waals surface area contributed by atoms with E-state index in [0.29, 0.717) is 0 Å². The molecule has 3 aromatic rings. The van der Waals surface area contributed by atoms with Gasteiger partial charge in [-0.25, -0.2) is 0 Å². The molecule has 0 aliphatic carbocycles. The first kappa shape index (κ1) is 13.1. The predicted octanol–water partition coefficient (Wildman–Crippen LogP) is 1.86. The number of fused-ring (bicyclic) bond motifs is 1. The highest BCUT2D eigenvalue weighted by atomic mass is 15.1. The number of aliphatic imine (C=N–C) groups is 1. The highest BCUT2D eigenvalue weighted by molar-refractivity contribution is 5.99. The van der Waals surface area contributed by atoms with E-state index in [1.807, 2.05) is 0 Å². The van der Waals surface area contributed by atoms with Crippen molar-refractivity contribution in [1.29, 1.82) is 0 Å². The summed E-state index contributed by atoms with van der Waals surface area (Å²) in [6, 6.07) is 15.1. The molecule has 0 spiro atoms. The summed E-state index contributed by atoms with van der Waals surface area (Å²) in [4.78, 5) is 4.46. The fourth-order valence-corrected chi connectivity index (χ4v) is 2.99. The summed E-state index contributed by atoms with van der Waals surface area (Å²) in [6.07, 6.45) is 4.23. The monoisotopic (exact) mass is 291 g/mol. The van der Waals surface area contributed by atoms with Gasteiger partial charge < -0.3 is 9.88 Å². The lowest BCUT2D eigenvalue weighted by Crippen LogP contribution is -2.27. The van der Waals surface area contributed by atoms with Gasteiger partial charge in [0.1, 0.15) is 18.4 Å². The lowest BCUT2D eigenvalue weighted by molar-refractivity contribution is -0.644. The molecule has 4 heteroatoms. The summed E-state index contributed by atoms with van der Waals surface area (Å²) >= 11 is 0. The first-order valence-corrected chi connectivity index (χ1v) is 7.62. The molecular formula is C18H19N4+. The first-order chi connectivity index (χ1) is 10.8. The molecule has 0 unspecified atom stereocenters. The summed E-state index contributed by atoms with van der Waals surface area (Å²) in [7, 11) is 2.08. The number of aromatic nitrogens is 2. The van der Waals surface area contributed by atoms with Gasteiger partial charge >= 0.3 is 0 Å². The maximum absolute atomic E-state index is 4.46. The Morgan fingerprint density at radius 1 is 1.18 bits per heavy atom. The van der Waals surface area contributed by atoms with Gasteiger partial charge in [-0.2, -0.15) is 4.57 Å². The van der Waals surface area contributed by atoms with Gasteiger partial charge in [-0.3, -0.25) is 4.99 Å². The smallest absolute Gasteiger partial charge is 0.230 e. The molecule has 1 aliphatic heterocycles. The van der Waals surface area contributed by atoms with Crippen molar-refractivity contribution in [2.24, 2.45) is 12.0 Å². The average Bonchev–Trinajstić information content (AvgIpc) is 3.19. The molecule has 22 heavy (non-hydrogen) atoms. The van der Waals surface area contributed by atoms with Gasteiger partial charge in [-0.15, -0.1) is 0 Å². The van der Waals surface area contributed by atoms with Crippen LogP contribution < -0.4 is 9.88 Å². The molecule has 2 aromatic heterocycles. The zero-order valence-electron chi connectivity index (χ0n) is 12.7. The molecule has 4 rings (SSSR count). The van der Waals surface area contributed by atoms with E-state index in [1.165, 1.54) is 22.2 Å². The Labute approximate surface area is 129 Å². The maximum atomic E-state index is 4.46. The second-order valence-corrected chi connectivity index (χ2v) is 5.69. The Kier molecular flexibility index (Phi) is 3.15. The SMILES string of the molecule is C[n+]1cccc2c1ccn2Cc1ccc(C2=NCCN2)cc1. The van der Waals surface area contributed by atoms with Gasteiger partial charge in [0, 0.05) is 37.0 Å². The Hall–Kier alpha value is -2.62. The summed E-state index contributed by atoms with van der Waals surface area (Å²) in [5.41, 5.74) is 4.98. The van der Waals surface area contributed by atoms with E-state index in [4.69, 9.17) is 0 Å². The van der Waals surface area contributed by atoms with Crippen molar-refractivity contribution >= 4 is 16.9 Å². The molecule has 0 amide bonds. The number of rotatable bonds is 3. The summed E-state index contributed by atoms with van der Waals surface area (Å²) in [5, 5.41) is 3.31. The molecule has 4 nitrogen and oxygen atoms in total. The average molecular weight is 291 g/mol. The third-order valence-corrected chi connectivity index (χ3v) is 4.18. The van der Waals surface area contributed by atoms with Crippen molar-refractivity contribution in [3.8, 4) is 0 Å². The standard InChI is InChI=1S/C18H19N4/c1-21-11-2-3-17-16(21)8-12-22(17)13-14-4-6-15(7-5-14)18-19-9-10-20-18/h2-8,11-12H,9-10,13H2,1H3,(H,19,20)/q+1. The van der Waals surface area contributed by atoms with E-state index < -0.39 is 0 Å². The second kappa shape index (κ2) is 5.30. The third-order valence-electron chi connectivity index (χ3n) is 4.18. The van der Waals surface area contributed by atoms with Gasteiger partial charge in [-0.1, -0.05) is 24.3 Å². The molecule has 0 bridgehead atoms. The van der Waals surface area contributed by atoms with Gasteiger partial charge in [0.2, 0.25) is 5.52 Å². The van der Waals surface area contributed by atoms with Crippen molar-refractivity contribution in [2.75, 3.05) is 13.1 Å². The molecule has 0 atom stereocenters. The lowest BCUT2D eigenvalue weighted by Gasteiger charge is -2.07. The van der Waals surface area contributed by atoms with Gasteiger partial charge in [0.05, 0.1) is 6.54 Å². The van der Waals surface area contributed by atoms with Crippen LogP contribution in [0, 0.1) is 0 Å². The number of nitrogens with zero attached hydrogens (tertiary/aromatic N) is 3. The quantitative estimate of drug-likeness (QED) is 0.734. The molecule has 0 saturated carbocycles. The number of amidine groups is 1. The second-order valence-electron chi connectivity index (χ2n) is 5.69. The number of pyridine rings is 1. The molecule has 0 radical (unpaired) electrons. The van der Waals surface area contributed by atoms with Gasteiger partial charge in [0.15, 0.2) is 6.20 Å². The van der Waals surface area contributed by atoms with E-state index in [2.05, 4.69) is 81.3 Å². The Bertz CT molecular complexity index is 843. The number of benzene rings is 1. The fraction of sp³-hybridized carbons (Fsp3) is 0.222. The molecule has 1 aromatic carbocycles. The van der Waals surface area contributed by atoms with Crippen molar-refractivity contribution in [3.05, 3.63) is 66.0 Å². The number of hydrogen-bond donors (Lipinski definition) is 1. The van der Waals surface area contributed by atoms with E-state index in [-0.39, 0.29) is 0 Å². The third kappa shape index (κ3) is 2.26. The van der Waals surface area contributed by atoms with Crippen LogP contribution in [0.5, 0.6) is 0 Å². The van der Waals surface area contributed by atoms with Gasteiger partial charge in [0.25, 0.3) is 0 Å². The van der Waals surface area contributed by atoms with Crippen molar-refractivity contribution in [1.82, 2.24) is 9.88 Å². The van der Waals surface area contributed by atoms with Crippen molar-refractivity contribution in [3.63, 3.8) is 0 Å². The number of nitrogens with one attached hydrogen (secondary N) is 1. The molecule has 1 aliphatic rings. The highest BCUT2D eigenvalue weighted by Gasteiger charge is 2.10. The van der Waals surface area contributed by atoms with Crippen molar-refractivity contribution < 1.29 is 4.57 Å². The van der Waals surface area contributed by atoms with Crippen LogP contribution in [-0.4, -0.2) is 23.5 Å². The predicted molar refractivity (Wildman–Crippen MR) is 88.1 cm³/mol. The van der Waals surface area contributed by atoms with Crippen LogP contribution in [0.1, 0.15) is 11.1 Å². The Morgan fingerprint density at radius 3 is 2.82 bits per heavy atom. The molecule has 1 N–H and O–H groups in total. The first-order valence-electron chi connectivity index (χ1n) is 7.62. The van der Waals surface area contributed by atoms with E-state index in [1.54, 1.807) is 0 Å². The van der Waals surface area contributed by atoms with E-state index >= 15 is 0 Å². The van der Waals surface area contributed by atoms with Crippen LogP contribution in [0.2, 0.25) is 0 Å². The number of aryl methyl sites for hydroxylation is 1. The minimum Gasteiger partial charge on any atom is -0.368 e. The molecule has 3 heterocycles. The zero-order chi connectivity index (χ0) is 14.9. The van der Waals surface area contributed by atoms with Crippen molar-refractivity contribution in [2.45, 2.75) is 6.54 Å². The fourth-order valence-electron chi connectivity index (χ4n) is 2.99.